The highest BCUT2D eigenvalue weighted by atomic mass is 16.4. The van der Waals surface area contributed by atoms with Crippen LogP contribution >= 0.6 is 0 Å². The Morgan fingerprint density at radius 2 is 1.87 bits per heavy atom. The Morgan fingerprint density at radius 3 is 2.61 bits per heavy atom. The molecule has 120 valence electrons. The van der Waals surface area contributed by atoms with Crippen LogP contribution in [0.5, 0.6) is 0 Å². The summed E-state index contributed by atoms with van der Waals surface area (Å²) >= 11 is 0. The number of piperidine rings is 1. The van der Waals surface area contributed by atoms with Gasteiger partial charge in [-0.25, -0.2) is 4.79 Å². The van der Waals surface area contributed by atoms with Crippen molar-refractivity contribution in [1.82, 2.24) is 4.90 Å². The van der Waals surface area contributed by atoms with E-state index in [1.54, 1.807) is 0 Å². The molecule has 1 aliphatic rings. The van der Waals surface area contributed by atoms with E-state index in [9.17, 15) is 9.90 Å². The normalized spacial score (nSPS) is 21.2. The second kappa shape index (κ2) is 6.84. The molecule has 0 radical (unpaired) electrons. The van der Waals surface area contributed by atoms with Crippen molar-refractivity contribution < 1.29 is 9.90 Å². The second-order valence-electron chi connectivity index (χ2n) is 6.12. The zero-order valence-corrected chi connectivity index (χ0v) is 13.1. The number of hydrogen-bond donors (Lipinski definition) is 2. The number of rotatable bonds is 3. The molecule has 1 amide bonds. The van der Waals surface area contributed by atoms with Crippen molar-refractivity contribution in [2.75, 3.05) is 6.54 Å². The summed E-state index contributed by atoms with van der Waals surface area (Å²) in [5.41, 5.74) is 9.64. The fourth-order valence-corrected chi connectivity index (χ4v) is 3.34. The Bertz CT molecular complexity index is 672. The van der Waals surface area contributed by atoms with Crippen molar-refractivity contribution >= 4 is 6.09 Å². The van der Waals surface area contributed by atoms with Crippen LogP contribution in [0, 0.1) is 0 Å². The Kier molecular flexibility index (Phi) is 4.63. The molecule has 4 nitrogen and oxygen atoms in total. The molecule has 4 heteroatoms. The third-order valence-electron chi connectivity index (χ3n) is 4.56. The summed E-state index contributed by atoms with van der Waals surface area (Å²) in [6.45, 7) is 0.575. The molecule has 1 heterocycles. The molecule has 2 aromatic carbocycles. The fraction of sp³-hybridized carbons (Fsp3) is 0.316. The monoisotopic (exact) mass is 310 g/mol. The van der Waals surface area contributed by atoms with Gasteiger partial charge in [0.1, 0.15) is 0 Å². The molecule has 0 aromatic heterocycles. The highest BCUT2D eigenvalue weighted by molar-refractivity contribution is 5.66. The summed E-state index contributed by atoms with van der Waals surface area (Å²) in [6.07, 6.45) is 1.51. The van der Waals surface area contributed by atoms with Crippen LogP contribution in [-0.4, -0.2) is 34.7 Å². The topological polar surface area (TPSA) is 66.6 Å². The van der Waals surface area contributed by atoms with Gasteiger partial charge in [0.25, 0.3) is 0 Å². The molecule has 3 rings (SSSR count). The SMILES string of the molecule is NC1CCCN(C(=O)O)C1Cc1cccc(-c2ccccc2)c1. The Morgan fingerprint density at radius 1 is 1.13 bits per heavy atom. The van der Waals surface area contributed by atoms with E-state index >= 15 is 0 Å². The van der Waals surface area contributed by atoms with Crippen LogP contribution in [0.25, 0.3) is 11.1 Å². The highest BCUT2D eigenvalue weighted by Gasteiger charge is 2.32. The minimum atomic E-state index is -0.871. The minimum absolute atomic E-state index is 0.0970. The van der Waals surface area contributed by atoms with Crippen LogP contribution in [0.2, 0.25) is 0 Å². The summed E-state index contributed by atoms with van der Waals surface area (Å²) in [5, 5.41) is 9.41. The average molecular weight is 310 g/mol. The smallest absolute Gasteiger partial charge is 0.407 e. The molecule has 2 aromatic rings. The molecule has 3 N–H and O–H groups in total. The third-order valence-corrected chi connectivity index (χ3v) is 4.56. The van der Waals surface area contributed by atoms with E-state index in [0.717, 1.165) is 29.5 Å². The number of hydrogen-bond acceptors (Lipinski definition) is 2. The molecule has 1 fully saturated rings. The van der Waals surface area contributed by atoms with Crippen molar-refractivity contribution in [3.8, 4) is 11.1 Å². The van der Waals surface area contributed by atoms with Gasteiger partial charge in [-0.05, 0) is 36.0 Å². The highest BCUT2D eigenvalue weighted by Crippen LogP contribution is 2.24. The lowest BCUT2D eigenvalue weighted by Crippen LogP contribution is -2.54. The lowest BCUT2D eigenvalue weighted by Gasteiger charge is -2.38. The first kappa shape index (κ1) is 15.6. The number of amides is 1. The maximum atomic E-state index is 11.5. The van der Waals surface area contributed by atoms with Crippen LogP contribution < -0.4 is 5.73 Å². The van der Waals surface area contributed by atoms with Gasteiger partial charge < -0.3 is 15.7 Å². The molecule has 0 spiro atoms. The van der Waals surface area contributed by atoms with E-state index in [0.29, 0.717) is 13.0 Å². The Hall–Kier alpha value is -2.33. The molecule has 0 saturated carbocycles. The van der Waals surface area contributed by atoms with Gasteiger partial charge in [0.2, 0.25) is 0 Å². The molecule has 0 bridgehead atoms. The largest absolute Gasteiger partial charge is 0.465 e. The molecular formula is C19H22N2O2. The van der Waals surface area contributed by atoms with Crippen LogP contribution in [-0.2, 0) is 6.42 Å². The van der Waals surface area contributed by atoms with Gasteiger partial charge in [0.05, 0.1) is 6.04 Å². The number of benzene rings is 2. The maximum absolute atomic E-state index is 11.5. The molecule has 2 atom stereocenters. The quantitative estimate of drug-likeness (QED) is 0.913. The molecule has 2 unspecified atom stereocenters. The molecule has 0 aliphatic carbocycles. The number of carboxylic acid groups (broad SMARTS) is 1. The zero-order valence-electron chi connectivity index (χ0n) is 13.1. The average Bonchev–Trinajstić information content (AvgIpc) is 2.57. The van der Waals surface area contributed by atoms with E-state index in [-0.39, 0.29) is 12.1 Å². The summed E-state index contributed by atoms with van der Waals surface area (Å²) in [4.78, 5) is 13.0. The van der Waals surface area contributed by atoms with Gasteiger partial charge in [-0.1, -0.05) is 54.6 Å². The minimum Gasteiger partial charge on any atom is -0.465 e. The van der Waals surface area contributed by atoms with Crippen molar-refractivity contribution in [2.24, 2.45) is 5.73 Å². The van der Waals surface area contributed by atoms with E-state index < -0.39 is 6.09 Å². The second-order valence-corrected chi connectivity index (χ2v) is 6.12. The van der Waals surface area contributed by atoms with Crippen LogP contribution in [0.4, 0.5) is 4.79 Å². The van der Waals surface area contributed by atoms with Crippen molar-refractivity contribution in [3.63, 3.8) is 0 Å². The van der Waals surface area contributed by atoms with Gasteiger partial charge in [-0.2, -0.15) is 0 Å². The molecule has 23 heavy (non-hydrogen) atoms. The van der Waals surface area contributed by atoms with E-state index in [1.165, 1.54) is 4.90 Å². The van der Waals surface area contributed by atoms with Crippen molar-refractivity contribution in [1.29, 1.82) is 0 Å². The predicted molar refractivity (Wildman–Crippen MR) is 91.3 cm³/mol. The summed E-state index contributed by atoms with van der Waals surface area (Å²) < 4.78 is 0. The first-order valence-corrected chi connectivity index (χ1v) is 8.04. The standard InChI is InChI=1S/C19H22N2O2/c20-17-10-5-11-21(19(22)23)18(17)13-14-6-4-9-16(12-14)15-7-2-1-3-8-15/h1-4,6-9,12,17-18H,5,10-11,13,20H2,(H,22,23). The van der Waals surface area contributed by atoms with Crippen LogP contribution in [0.1, 0.15) is 18.4 Å². The number of likely N-dealkylation sites (tertiary alicyclic amines) is 1. The number of carbonyl (C=O) groups is 1. The Labute approximate surface area is 136 Å². The van der Waals surface area contributed by atoms with Gasteiger partial charge in [-0.15, -0.1) is 0 Å². The van der Waals surface area contributed by atoms with Crippen LogP contribution in [0.15, 0.2) is 54.6 Å². The first-order valence-electron chi connectivity index (χ1n) is 8.04. The van der Waals surface area contributed by atoms with Gasteiger partial charge >= 0.3 is 6.09 Å². The van der Waals surface area contributed by atoms with Crippen molar-refractivity contribution in [2.45, 2.75) is 31.3 Å². The lowest BCUT2D eigenvalue weighted by molar-refractivity contribution is 0.0974. The van der Waals surface area contributed by atoms with Crippen molar-refractivity contribution in [3.05, 3.63) is 60.2 Å². The summed E-state index contributed by atoms with van der Waals surface area (Å²) in [5.74, 6) is 0. The molecular weight excluding hydrogens is 288 g/mol. The van der Waals surface area contributed by atoms with E-state index in [1.807, 2.05) is 30.3 Å². The van der Waals surface area contributed by atoms with Gasteiger partial charge in [-0.3, -0.25) is 0 Å². The molecule has 1 aliphatic heterocycles. The van der Waals surface area contributed by atoms with E-state index in [2.05, 4.69) is 24.3 Å². The van der Waals surface area contributed by atoms with Gasteiger partial charge in [0.15, 0.2) is 0 Å². The lowest BCUT2D eigenvalue weighted by atomic mass is 9.91. The summed E-state index contributed by atoms with van der Waals surface area (Å²) in [7, 11) is 0. The third kappa shape index (κ3) is 3.54. The maximum Gasteiger partial charge on any atom is 0.407 e. The number of nitrogens with zero attached hydrogens (tertiary/aromatic N) is 1. The molecule has 1 saturated heterocycles. The van der Waals surface area contributed by atoms with Crippen LogP contribution in [0.3, 0.4) is 0 Å². The summed E-state index contributed by atoms with van der Waals surface area (Å²) in [6, 6.07) is 18.2. The number of nitrogens with two attached hydrogens (primary N) is 1. The zero-order chi connectivity index (χ0) is 16.2. The fourth-order valence-electron chi connectivity index (χ4n) is 3.34. The van der Waals surface area contributed by atoms with E-state index in [4.69, 9.17) is 5.73 Å². The Balaban J connectivity index is 1.83. The van der Waals surface area contributed by atoms with Gasteiger partial charge in [0, 0.05) is 12.6 Å². The first-order chi connectivity index (χ1) is 11.1. The predicted octanol–water partition coefficient (Wildman–Crippen LogP) is 3.37.